The van der Waals surface area contributed by atoms with Crippen molar-refractivity contribution in [2.24, 2.45) is 5.73 Å². The van der Waals surface area contributed by atoms with Gasteiger partial charge in [-0.1, -0.05) is 30.3 Å². The molecule has 0 radical (unpaired) electrons. The molecule has 0 spiro atoms. The molecule has 1 aliphatic heterocycles. The molecule has 174 valence electrons. The van der Waals surface area contributed by atoms with E-state index in [9.17, 15) is 9.65 Å². The maximum absolute atomic E-state index is 14.4. The lowest BCUT2D eigenvalue weighted by atomic mass is 10.1. The number of halogens is 1. The molecule has 1 saturated heterocycles. The summed E-state index contributed by atoms with van der Waals surface area (Å²) in [4.78, 5) is 10.6. The van der Waals surface area contributed by atoms with E-state index in [1.165, 1.54) is 6.20 Å². The molecular weight excluding hydrogens is 433 g/mol. The maximum atomic E-state index is 14.4. The van der Waals surface area contributed by atoms with Crippen LogP contribution in [0.3, 0.4) is 0 Å². The minimum atomic E-state index is -0.652. The van der Waals surface area contributed by atoms with E-state index in [2.05, 4.69) is 20.9 Å². The fourth-order valence-corrected chi connectivity index (χ4v) is 3.86. The third-order valence-electron chi connectivity index (χ3n) is 5.57. The number of likely N-dealkylation sites (tertiary alicyclic amines) is 1. The molecule has 34 heavy (non-hydrogen) atoms. The molecule has 1 atom stereocenters. The van der Waals surface area contributed by atoms with E-state index in [0.717, 1.165) is 31.1 Å². The SMILES string of the molecule is N#CC1CCCN1CCOc1cccc(-c2ncc(F)c(Oc3cccc(CC=CN)c3)n2)c1. The predicted octanol–water partition coefficient (Wildman–Crippen LogP) is 4.46. The topological polar surface area (TPSA) is 97.3 Å². The number of hydrogen-bond acceptors (Lipinski definition) is 7. The summed E-state index contributed by atoms with van der Waals surface area (Å²) in [5.41, 5.74) is 7.07. The number of nitriles is 1. The van der Waals surface area contributed by atoms with Crippen molar-refractivity contribution in [3.05, 3.63) is 78.4 Å². The first kappa shape index (κ1) is 23.2. The van der Waals surface area contributed by atoms with Crippen molar-refractivity contribution in [2.45, 2.75) is 25.3 Å². The molecule has 0 bridgehead atoms. The fraction of sp³-hybridized carbons (Fsp3) is 0.269. The molecule has 2 N–H and O–H groups in total. The summed E-state index contributed by atoms with van der Waals surface area (Å²) in [6, 6.07) is 16.9. The number of nitrogens with two attached hydrogens (primary N) is 1. The van der Waals surface area contributed by atoms with E-state index in [-0.39, 0.29) is 11.9 Å². The zero-order chi connectivity index (χ0) is 23.8. The summed E-state index contributed by atoms with van der Waals surface area (Å²) in [6.45, 7) is 2.07. The number of rotatable bonds is 9. The van der Waals surface area contributed by atoms with Gasteiger partial charge in [0.25, 0.3) is 5.88 Å². The van der Waals surface area contributed by atoms with Gasteiger partial charge in [-0.25, -0.2) is 4.98 Å². The second-order valence-corrected chi connectivity index (χ2v) is 7.93. The van der Waals surface area contributed by atoms with Crippen LogP contribution in [0.15, 0.2) is 67.0 Å². The highest BCUT2D eigenvalue weighted by Gasteiger charge is 2.23. The summed E-state index contributed by atoms with van der Waals surface area (Å²) in [5.74, 6) is 0.649. The monoisotopic (exact) mass is 459 g/mol. The number of hydrogen-bond donors (Lipinski definition) is 1. The molecule has 1 unspecified atom stereocenters. The van der Waals surface area contributed by atoms with Crippen molar-refractivity contribution in [1.29, 1.82) is 5.26 Å². The zero-order valence-electron chi connectivity index (χ0n) is 18.7. The van der Waals surface area contributed by atoms with Crippen LogP contribution in [0.2, 0.25) is 0 Å². The highest BCUT2D eigenvalue weighted by atomic mass is 19.1. The van der Waals surface area contributed by atoms with Crippen LogP contribution in [0.1, 0.15) is 18.4 Å². The van der Waals surface area contributed by atoms with Crippen LogP contribution < -0.4 is 15.2 Å². The van der Waals surface area contributed by atoms with Crippen molar-refractivity contribution in [2.75, 3.05) is 19.7 Å². The van der Waals surface area contributed by atoms with E-state index >= 15 is 0 Å². The summed E-state index contributed by atoms with van der Waals surface area (Å²) in [7, 11) is 0. The number of benzene rings is 2. The van der Waals surface area contributed by atoms with Gasteiger partial charge in [0.05, 0.1) is 18.3 Å². The Hall–Kier alpha value is -3.96. The van der Waals surface area contributed by atoms with Crippen LogP contribution in [0.4, 0.5) is 4.39 Å². The fourth-order valence-electron chi connectivity index (χ4n) is 3.86. The Labute approximate surface area is 198 Å². The quantitative estimate of drug-likeness (QED) is 0.505. The molecule has 0 aliphatic carbocycles. The van der Waals surface area contributed by atoms with Crippen LogP contribution in [0.25, 0.3) is 11.4 Å². The standard InChI is InChI=1S/C26H26FN5O2/c27-24-18-30-25(31-26(24)34-23-10-1-5-19(15-23)6-3-11-28)20-7-2-9-22(16-20)33-14-13-32-12-4-8-21(32)17-29/h1-3,5,7,9-11,15-16,18,21H,4,6,8,12-14,28H2. The average molecular weight is 460 g/mol. The minimum absolute atomic E-state index is 0.0289. The number of ether oxygens (including phenoxy) is 2. The second-order valence-electron chi connectivity index (χ2n) is 7.93. The van der Waals surface area contributed by atoms with Gasteiger partial charge in [0.1, 0.15) is 18.1 Å². The minimum Gasteiger partial charge on any atom is -0.492 e. The Morgan fingerprint density at radius 1 is 1.21 bits per heavy atom. The van der Waals surface area contributed by atoms with Crippen molar-refractivity contribution in [3.8, 4) is 34.8 Å². The average Bonchev–Trinajstić information content (AvgIpc) is 3.32. The first-order valence-electron chi connectivity index (χ1n) is 11.2. The van der Waals surface area contributed by atoms with Gasteiger partial charge in [0, 0.05) is 12.1 Å². The lowest BCUT2D eigenvalue weighted by Gasteiger charge is -2.19. The number of nitrogens with zero attached hydrogens (tertiary/aromatic N) is 4. The molecule has 1 aromatic heterocycles. The van der Waals surface area contributed by atoms with Gasteiger partial charge in [-0.3, -0.25) is 4.90 Å². The van der Waals surface area contributed by atoms with Gasteiger partial charge in [0.2, 0.25) is 5.82 Å². The number of aromatic nitrogens is 2. The van der Waals surface area contributed by atoms with E-state index in [4.69, 9.17) is 15.2 Å². The zero-order valence-corrected chi connectivity index (χ0v) is 18.7. The Bertz CT molecular complexity index is 1190. The molecule has 2 aromatic carbocycles. The Kier molecular flexibility index (Phi) is 7.68. The molecule has 1 aliphatic rings. The van der Waals surface area contributed by atoms with E-state index in [1.807, 2.05) is 48.5 Å². The largest absolute Gasteiger partial charge is 0.492 e. The summed E-state index contributed by atoms with van der Waals surface area (Å²) in [5, 5.41) is 9.21. The molecule has 7 nitrogen and oxygen atoms in total. The smallest absolute Gasteiger partial charge is 0.259 e. The van der Waals surface area contributed by atoms with Crippen LogP contribution >= 0.6 is 0 Å². The van der Waals surface area contributed by atoms with Gasteiger partial charge in [-0.2, -0.15) is 14.6 Å². The molecule has 4 rings (SSSR count). The molecular formula is C26H26FN5O2. The summed E-state index contributed by atoms with van der Waals surface area (Å²) >= 11 is 0. The lowest BCUT2D eigenvalue weighted by Crippen LogP contribution is -2.32. The lowest BCUT2D eigenvalue weighted by molar-refractivity contribution is 0.218. The van der Waals surface area contributed by atoms with Gasteiger partial charge in [0.15, 0.2) is 5.82 Å². The third-order valence-corrected chi connectivity index (χ3v) is 5.57. The van der Waals surface area contributed by atoms with Crippen LogP contribution in [-0.4, -0.2) is 40.6 Å². The van der Waals surface area contributed by atoms with Gasteiger partial charge >= 0.3 is 0 Å². The van der Waals surface area contributed by atoms with Gasteiger partial charge in [-0.15, -0.1) is 0 Å². The predicted molar refractivity (Wildman–Crippen MR) is 127 cm³/mol. The highest BCUT2D eigenvalue weighted by Crippen LogP contribution is 2.27. The molecule has 0 saturated carbocycles. The van der Waals surface area contributed by atoms with E-state index in [1.54, 1.807) is 6.07 Å². The van der Waals surface area contributed by atoms with Crippen molar-refractivity contribution in [3.63, 3.8) is 0 Å². The van der Waals surface area contributed by atoms with Crippen molar-refractivity contribution < 1.29 is 13.9 Å². The number of allylic oxidation sites excluding steroid dienone is 1. The van der Waals surface area contributed by atoms with Crippen LogP contribution in [0.5, 0.6) is 17.4 Å². The van der Waals surface area contributed by atoms with Crippen molar-refractivity contribution >= 4 is 0 Å². The molecule has 0 amide bonds. The molecule has 1 fully saturated rings. The third kappa shape index (κ3) is 5.88. The van der Waals surface area contributed by atoms with Crippen LogP contribution in [0, 0.1) is 17.1 Å². The van der Waals surface area contributed by atoms with Crippen LogP contribution in [-0.2, 0) is 6.42 Å². The maximum Gasteiger partial charge on any atom is 0.259 e. The van der Waals surface area contributed by atoms with Crippen molar-refractivity contribution in [1.82, 2.24) is 14.9 Å². The summed E-state index contributed by atoms with van der Waals surface area (Å²) in [6.07, 6.45) is 7.00. The Morgan fingerprint density at radius 2 is 2.06 bits per heavy atom. The Balaban J connectivity index is 1.44. The molecule has 3 aromatic rings. The first-order chi connectivity index (χ1) is 16.7. The first-order valence-corrected chi connectivity index (χ1v) is 11.2. The Morgan fingerprint density at radius 3 is 2.91 bits per heavy atom. The molecule has 8 heteroatoms. The second kappa shape index (κ2) is 11.3. The van der Waals surface area contributed by atoms with E-state index < -0.39 is 5.82 Å². The summed E-state index contributed by atoms with van der Waals surface area (Å²) < 4.78 is 26.0. The molecule has 2 heterocycles. The van der Waals surface area contributed by atoms with E-state index in [0.29, 0.717) is 42.5 Å². The van der Waals surface area contributed by atoms with Gasteiger partial charge in [-0.05, 0) is 61.8 Å². The van der Waals surface area contributed by atoms with Gasteiger partial charge < -0.3 is 15.2 Å². The highest BCUT2D eigenvalue weighted by molar-refractivity contribution is 5.58. The normalized spacial score (nSPS) is 15.9.